The molecule has 1 saturated heterocycles. The van der Waals surface area contributed by atoms with E-state index >= 15 is 0 Å². The Balaban J connectivity index is 1.70. The number of benzene rings is 1. The van der Waals surface area contributed by atoms with Gasteiger partial charge < -0.3 is 14.7 Å². The number of aromatic amines is 1. The van der Waals surface area contributed by atoms with Crippen LogP contribution < -0.4 is 5.32 Å². The number of fused-ring (bicyclic) bond motifs is 1. The molecule has 1 aliphatic rings. The van der Waals surface area contributed by atoms with Crippen LogP contribution in [0.3, 0.4) is 0 Å². The smallest absolute Gasteiger partial charge is 0.134 e. The van der Waals surface area contributed by atoms with E-state index in [2.05, 4.69) is 21.4 Å². The van der Waals surface area contributed by atoms with Gasteiger partial charge in [0.2, 0.25) is 0 Å². The van der Waals surface area contributed by atoms with Gasteiger partial charge in [-0.05, 0) is 25.5 Å². The van der Waals surface area contributed by atoms with Crippen molar-refractivity contribution < 1.29 is 4.42 Å². The fourth-order valence-corrected chi connectivity index (χ4v) is 2.95. The second-order valence-electron chi connectivity index (χ2n) is 5.37. The monoisotopic (exact) mass is 267 g/mol. The number of furan rings is 1. The van der Waals surface area contributed by atoms with Crippen molar-refractivity contribution in [2.75, 3.05) is 13.1 Å². The predicted octanol–water partition coefficient (Wildman–Crippen LogP) is 3.29. The first-order valence-corrected chi connectivity index (χ1v) is 7.14. The van der Waals surface area contributed by atoms with Crippen LogP contribution in [0, 0.1) is 0 Å². The van der Waals surface area contributed by atoms with E-state index in [-0.39, 0.29) is 0 Å². The summed E-state index contributed by atoms with van der Waals surface area (Å²) in [5.74, 6) is 1.58. The lowest BCUT2D eigenvalue weighted by Crippen LogP contribution is -2.28. The van der Waals surface area contributed by atoms with Crippen LogP contribution in [0.15, 0.2) is 41.1 Å². The molecule has 20 heavy (non-hydrogen) atoms. The first-order chi connectivity index (χ1) is 9.92. The first-order valence-electron chi connectivity index (χ1n) is 7.14. The number of H-pyrrole nitrogens is 1. The molecule has 1 aromatic carbocycles. The molecule has 1 unspecified atom stereocenters. The molecule has 102 valence electrons. The zero-order valence-electron chi connectivity index (χ0n) is 11.2. The van der Waals surface area contributed by atoms with Crippen LogP contribution >= 0.6 is 0 Å². The maximum Gasteiger partial charge on any atom is 0.134 e. The van der Waals surface area contributed by atoms with E-state index < -0.39 is 0 Å². The molecule has 4 heteroatoms. The number of hydrogen-bond acceptors (Lipinski definition) is 3. The second kappa shape index (κ2) is 4.80. The van der Waals surface area contributed by atoms with Crippen molar-refractivity contribution >= 4 is 11.0 Å². The molecule has 3 aromatic rings. The van der Waals surface area contributed by atoms with Gasteiger partial charge in [0, 0.05) is 23.4 Å². The van der Waals surface area contributed by atoms with Gasteiger partial charge in [-0.1, -0.05) is 18.2 Å². The van der Waals surface area contributed by atoms with Gasteiger partial charge in [-0.25, -0.2) is 4.98 Å². The normalized spacial score (nSPS) is 19.5. The minimum Gasteiger partial charge on any atom is -0.464 e. The summed E-state index contributed by atoms with van der Waals surface area (Å²) >= 11 is 0. The third-order valence-corrected chi connectivity index (χ3v) is 4.05. The fraction of sp³-hybridized carbons (Fsp3) is 0.312. The standard InChI is InChI=1S/C16H17N3O/c1-2-6-15-12(5-1)13(10-20-15)14-9-18-16(19-14)11-4-3-7-17-8-11/h1-2,5-6,9-11,17H,3-4,7-8H2,(H,18,19). The Labute approximate surface area is 117 Å². The van der Waals surface area contributed by atoms with E-state index in [4.69, 9.17) is 4.42 Å². The number of hydrogen-bond donors (Lipinski definition) is 2. The predicted molar refractivity (Wildman–Crippen MR) is 78.6 cm³/mol. The van der Waals surface area contributed by atoms with Crippen LogP contribution in [0.2, 0.25) is 0 Å². The van der Waals surface area contributed by atoms with Crippen molar-refractivity contribution in [2.24, 2.45) is 0 Å². The van der Waals surface area contributed by atoms with Crippen LogP contribution in [0.25, 0.3) is 22.2 Å². The first kappa shape index (κ1) is 11.7. The highest BCUT2D eigenvalue weighted by molar-refractivity contribution is 5.92. The minimum absolute atomic E-state index is 0.496. The molecule has 0 saturated carbocycles. The van der Waals surface area contributed by atoms with Gasteiger partial charge in [0.25, 0.3) is 0 Å². The van der Waals surface area contributed by atoms with E-state index in [9.17, 15) is 0 Å². The number of nitrogens with zero attached hydrogens (tertiary/aromatic N) is 1. The molecular weight excluding hydrogens is 250 g/mol. The Morgan fingerprint density at radius 2 is 2.20 bits per heavy atom. The van der Waals surface area contributed by atoms with Crippen LogP contribution in [-0.2, 0) is 0 Å². The van der Waals surface area contributed by atoms with E-state index in [0.29, 0.717) is 5.92 Å². The Morgan fingerprint density at radius 3 is 3.10 bits per heavy atom. The summed E-state index contributed by atoms with van der Waals surface area (Å²) in [7, 11) is 0. The lowest BCUT2D eigenvalue weighted by molar-refractivity contribution is 0.449. The van der Waals surface area contributed by atoms with Crippen LogP contribution in [0.1, 0.15) is 24.6 Å². The lowest BCUT2D eigenvalue weighted by Gasteiger charge is -2.20. The Kier molecular flexibility index (Phi) is 2.81. The number of para-hydroxylation sites is 1. The zero-order valence-corrected chi connectivity index (χ0v) is 11.2. The van der Waals surface area contributed by atoms with Gasteiger partial charge >= 0.3 is 0 Å². The molecule has 2 N–H and O–H groups in total. The average molecular weight is 267 g/mol. The van der Waals surface area contributed by atoms with Crippen LogP contribution in [0.5, 0.6) is 0 Å². The van der Waals surface area contributed by atoms with E-state index in [1.54, 1.807) is 6.26 Å². The van der Waals surface area contributed by atoms with Crippen molar-refractivity contribution in [2.45, 2.75) is 18.8 Å². The molecule has 0 spiro atoms. The van der Waals surface area contributed by atoms with E-state index in [1.165, 1.54) is 12.8 Å². The van der Waals surface area contributed by atoms with Crippen molar-refractivity contribution in [3.8, 4) is 11.3 Å². The SMILES string of the molecule is c1ccc2c(-c3cnc(C4CCCNC4)[nH]3)coc2c1. The lowest BCUT2D eigenvalue weighted by atomic mass is 9.99. The Bertz CT molecular complexity index is 722. The number of nitrogens with one attached hydrogen (secondary N) is 2. The van der Waals surface area contributed by atoms with Crippen molar-refractivity contribution in [1.82, 2.24) is 15.3 Å². The molecule has 1 atom stereocenters. The second-order valence-corrected chi connectivity index (χ2v) is 5.37. The third kappa shape index (κ3) is 1.93. The van der Waals surface area contributed by atoms with Crippen molar-refractivity contribution in [3.05, 3.63) is 42.5 Å². The molecule has 0 amide bonds. The summed E-state index contributed by atoms with van der Waals surface area (Å²) < 4.78 is 5.60. The Hall–Kier alpha value is -2.07. The van der Waals surface area contributed by atoms with E-state index in [0.717, 1.165) is 41.1 Å². The summed E-state index contributed by atoms with van der Waals surface area (Å²) in [5, 5.41) is 4.56. The fourth-order valence-electron chi connectivity index (χ4n) is 2.95. The van der Waals surface area contributed by atoms with Gasteiger partial charge in [-0.15, -0.1) is 0 Å². The molecule has 0 bridgehead atoms. The largest absolute Gasteiger partial charge is 0.464 e. The summed E-state index contributed by atoms with van der Waals surface area (Å²) in [6.45, 7) is 2.13. The molecule has 1 fully saturated rings. The summed E-state index contributed by atoms with van der Waals surface area (Å²) in [4.78, 5) is 8.03. The number of piperidine rings is 1. The number of rotatable bonds is 2. The number of imidazole rings is 1. The van der Waals surface area contributed by atoms with E-state index in [1.807, 2.05) is 24.4 Å². The topological polar surface area (TPSA) is 53.9 Å². The number of aromatic nitrogens is 2. The maximum atomic E-state index is 5.60. The summed E-state index contributed by atoms with van der Waals surface area (Å²) in [5.41, 5.74) is 3.04. The van der Waals surface area contributed by atoms with Gasteiger partial charge in [-0.3, -0.25) is 0 Å². The van der Waals surface area contributed by atoms with Gasteiger partial charge in [0.1, 0.15) is 17.7 Å². The van der Waals surface area contributed by atoms with Gasteiger partial charge in [-0.2, -0.15) is 0 Å². The summed E-state index contributed by atoms with van der Waals surface area (Å²) in [6, 6.07) is 8.09. The molecule has 2 aromatic heterocycles. The average Bonchev–Trinajstić information content (AvgIpc) is 3.14. The highest BCUT2D eigenvalue weighted by atomic mass is 16.3. The highest BCUT2D eigenvalue weighted by Gasteiger charge is 2.19. The molecule has 4 nitrogen and oxygen atoms in total. The van der Waals surface area contributed by atoms with Gasteiger partial charge in [0.05, 0.1) is 11.9 Å². The van der Waals surface area contributed by atoms with Crippen LogP contribution in [-0.4, -0.2) is 23.1 Å². The molecule has 4 rings (SSSR count). The molecule has 1 aliphatic heterocycles. The maximum absolute atomic E-state index is 5.60. The molecule has 0 radical (unpaired) electrons. The molecule has 0 aliphatic carbocycles. The van der Waals surface area contributed by atoms with Crippen molar-refractivity contribution in [1.29, 1.82) is 0 Å². The molecule has 3 heterocycles. The third-order valence-electron chi connectivity index (χ3n) is 4.05. The zero-order chi connectivity index (χ0) is 13.4. The van der Waals surface area contributed by atoms with Crippen molar-refractivity contribution in [3.63, 3.8) is 0 Å². The van der Waals surface area contributed by atoms with Gasteiger partial charge in [0.15, 0.2) is 0 Å². The quantitative estimate of drug-likeness (QED) is 0.749. The highest BCUT2D eigenvalue weighted by Crippen LogP contribution is 2.30. The summed E-state index contributed by atoms with van der Waals surface area (Å²) in [6.07, 6.45) is 6.14. The minimum atomic E-state index is 0.496. The van der Waals surface area contributed by atoms with Crippen LogP contribution in [0.4, 0.5) is 0 Å². The molecular formula is C16H17N3O. The Morgan fingerprint density at radius 1 is 1.25 bits per heavy atom.